The number of halogens is 1. The molecular weight excluding hydrogens is 306 g/mol. The molecule has 2 rings (SSSR count). The Kier molecular flexibility index (Phi) is 6.85. The van der Waals surface area contributed by atoms with Gasteiger partial charge in [0.15, 0.2) is 6.29 Å². The summed E-state index contributed by atoms with van der Waals surface area (Å²) in [4.78, 5) is 10.2. The quantitative estimate of drug-likeness (QED) is 0.881. The maximum Gasteiger partial charge on any atom is 0.151 e. The summed E-state index contributed by atoms with van der Waals surface area (Å²) in [6.45, 7) is 0.587. The maximum atomic E-state index is 10.2. The first-order valence-electron chi connectivity index (χ1n) is 5.74. The van der Waals surface area contributed by atoms with Gasteiger partial charge in [-0.3, -0.25) is 4.79 Å². The van der Waals surface area contributed by atoms with Crippen LogP contribution in [0.5, 0.6) is 5.75 Å². The van der Waals surface area contributed by atoms with Crippen molar-refractivity contribution in [3.63, 3.8) is 0 Å². The van der Waals surface area contributed by atoms with E-state index in [1.54, 1.807) is 13.2 Å². The van der Waals surface area contributed by atoms with E-state index in [1.165, 1.54) is 0 Å². The fourth-order valence-corrected chi connectivity index (χ4v) is 1.71. The minimum Gasteiger partial charge on any atom is -0.497 e. The number of carbonyl (C=O) groups excluding carboxylic acids is 1. The second-order valence-electron chi connectivity index (χ2n) is 3.69. The third-order valence-corrected chi connectivity index (χ3v) is 3.15. The van der Waals surface area contributed by atoms with Gasteiger partial charge in [-0.1, -0.05) is 46.3 Å². The number of hydrogen-bond acceptors (Lipinski definition) is 3. The second-order valence-corrected chi connectivity index (χ2v) is 4.55. The van der Waals surface area contributed by atoms with E-state index in [0.29, 0.717) is 12.1 Å². The van der Waals surface area contributed by atoms with Crippen LogP contribution in [0.25, 0.3) is 0 Å². The van der Waals surface area contributed by atoms with E-state index in [0.717, 1.165) is 22.1 Å². The first kappa shape index (κ1) is 15.4. The van der Waals surface area contributed by atoms with Gasteiger partial charge in [0.1, 0.15) is 5.75 Å². The van der Waals surface area contributed by atoms with Gasteiger partial charge >= 0.3 is 0 Å². The van der Waals surface area contributed by atoms with E-state index in [2.05, 4.69) is 15.9 Å². The molecule has 2 N–H and O–H groups in total. The van der Waals surface area contributed by atoms with E-state index in [9.17, 15) is 4.79 Å². The fraction of sp³-hybridized carbons (Fsp3) is 0.133. The van der Waals surface area contributed by atoms with Gasteiger partial charge in [-0.2, -0.15) is 0 Å². The Morgan fingerprint density at radius 3 is 2.21 bits per heavy atom. The highest BCUT2D eigenvalue weighted by atomic mass is 79.9. The molecule has 19 heavy (non-hydrogen) atoms. The number of methoxy groups -OCH3 is 1. The molecule has 2 aromatic carbocycles. The van der Waals surface area contributed by atoms with Crippen LogP contribution in [0.1, 0.15) is 15.9 Å². The fourth-order valence-electron chi connectivity index (χ4n) is 1.33. The Bertz CT molecular complexity index is 489. The highest BCUT2D eigenvalue weighted by molar-refractivity contribution is 9.10. The van der Waals surface area contributed by atoms with E-state index >= 15 is 0 Å². The topological polar surface area (TPSA) is 52.3 Å². The standard InChI is InChI=1S/C8H11NO.C7H5BrO/c1-10-8-4-2-7(6-9)3-5-8;8-7-4-2-1-3-6(7)5-9/h2-5H,6,9H2,1H3;1-5H. The zero-order chi connectivity index (χ0) is 14.1. The molecule has 0 saturated heterocycles. The van der Waals surface area contributed by atoms with Gasteiger partial charge in [0, 0.05) is 16.6 Å². The first-order valence-corrected chi connectivity index (χ1v) is 6.53. The van der Waals surface area contributed by atoms with Crippen LogP contribution in [0.2, 0.25) is 0 Å². The zero-order valence-electron chi connectivity index (χ0n) is 10.7. The minimum atomic E-state index is 0.587. The summed E-state index contributed by atoms with van der Waals surface area (Å²) in [6.07, 6.45) is 0.823. The van der Waals surface area contributed by atoms with E-state index in [-0.39, 0.29) is 0 Å². The average molecular weight is 322 g/mol. The summed E-state index contributed by atoms with van der Waals surface area (Å²) in [5.41, 5.74) is 7.22. The third kappa shape index (κ3) is 5.24. The van der Waals surface area contributed by atoms with Gasteiger partial charge in [-0.15, -0.1) is 0 Å². The summed E-state index contributed by atoms with van der Waals surface area (Å²) in [5, 5.41) is 0. The Hall–Kier alpha value is -1.65. The minimum absolute atomic E-state index is 0.587. The lowest BCUT2D eigenvalue weighted by atomic mass is 10.2. The molecular formula is C15H16BrNO2. The number of hydrogen-bond donors (Lipinski definition) is 1. The van der Waals surface area contributed by atoms with Gasteiger partial charge in [0.25, 0.3) is 0 Å². The Morgan fingerprint density at radius 2 is 1.79 bits per heavy atom. The van der Waals surface area contributed by atoms with Crippen molar-refractivity contribution in [2.75, 3.05) is 7.11 Å². The largest absolute Gasteiger partial charge is 0.497 e. The van der Waals surface area contributed by atoms with Crippen molar-refractivity contribution < 1.29 is 9.53 Å². The molecule has 0 saturated carbocycles. The molecule has 0 unspecified atom stereocenters. The molecule has 0 amide bonds. The SMILES string of the molecule is COc1ccc(CN)cc1.O=Cc1ccccc1Br. The summed E-state index contributed by atoms with van der Waals surface area (Å²) in [6, 6.07) is 15.0. The molecule has 0 bridgehead atoms. The summed E-state index contributed by atoms with van der Waals surface area (Å²) < 4.78 is 5.82. The van der Waals surface area contributed by atoms with E-state index in [4.69, 9.17) is 10.5 Å². The molecule has 0 aliphatic heterocycles. The van der Waals surface area contributed by atoms with Gasteiger partial charge in [0.2, 0.25) is 0 Å². The van der Waals surface area contributed by atoms with Crippen LogP contribution < -0.4 is 10.5 Å². The number of nitrogens with two attached hydrogens (primary N) is 1. The lowest BCUT2D eigenvalue weighted by Gasteiger charge is -1.99. The molecule has 2 aromatic rings. The lowest BCUT2D eigenvalue weighted by Crippen LogP contribution is -1.95. The normalized spacial score (nSPS) is 9.21. The molecule has 0 spiro atoms. The molecule has 0 aliphatic rings. The van der Waals surface area contributed by atoms with Crippen molar-refractivity contribution in [1.29, 1.82) is 0 Å². The van der Waals surface area contributed by atoms with Crippen LogP contribution in [0.3, 0.4) is 0 Å². The van der Waals surface area contributed by atoms with Crippen LogP contribution >= 0.6 is 15.9 Å². The van der Waals surface area contributed by atoms with E-state index in [1.807, 2.05) is 42.5 Å². The first-order chi connectivity index (χ1) is 9.21. The van der Waals surface area contributed by atoms with Crippen LogP contribution in [0.15, 0.2) is 53.0 Å². The van der Waals surface area contributed by atoms with Gasteiger partial charge in [-0.25, -0.2) is 0 Å². The maximum absolute atomic E-state index is 10.2. The molecule has 0 fully saturated rings. The highest BCUT2D eigenvalue weighted by Gasteiger charge is 1.92. The molecule has 0 radical (unpaired) electrons. The number of rotatable bonds is 3. The van der Waals surface area contributed by atoms with Crippen LogP contribution in [-0.2, 0) is 6.54 Å². The second kappa shape index (κ2) is 8.45. The highest BCUT2D eigenvalue weighted by Crippen LogP contribution is 2.12. The summed E-state index contributed by atoms with van der Waals surface area (Å²) >= 11 is 3.23. The number of carbonyl (C=O) groups is 1. The molecule has 4 heteroatoms. The average Bonchev–Trinajstić information content (AvgIpc) is 2.48. The molecule has 0 aromatic heterocycles. The zero-order valence-corrected chi connectivity index (χ0v) is 12.3. The van der Waals surface area contributed by atoms with Gasteiger partial charge in [-0.05, 0) is 23.8 Å². The van der Waals surface area contributed by atoms with Crippen molar-refractivity contribution in [2.45, 2.75) is 6.54 Å². The van der Waals surface area contributed by atoms with Crippen LogP contribution in [-0.4, -0.2) is 13.4 Å². The number of ether oxygens (including phenoxy) is 1. The van der Waals surface area contributed by atoms with Crippen LogP contribution in [0, 0.1) is 0 Å². The predicted octanol–water partition coefficient (Wildman–Crippen LogP) is 3.42. The van der Waals surface area contributed by atoms with Crippen molar-refractivity contribution in [3.05, 3.63) is 64.1 Å². The van der Waals surface area contributed by atoms with E-state index < -0.39 is 0 Å². The van der Waals surface area contributed by atoms with Gasteiger partial charge in [0.05, 0.1) is 7.11 Å². The molecule has 100 valence electrons. The Labute approximate surface area is 121 Å². The molecule has 0 heterocycles. The van der Waals surface area contributed by atoms with Gasteiger partial charge < -0.3 is 10.5 Å². The van der Waals surface area contributed by atoms with Crippen molar-refractivity contribution in [1.82, 2.24) is 0 Å². The molecule has 3 nitrogen and oxygen atoms in total. The Balaban J connectivity index is 0.000000191. The predicted molar refractivity (Wildman–Crippen MR) is 80.4 cm³/mol. The number of benzene rings is 2. The Morgan fingerprint density at radius 1 is 1.16 bits per heavy atom. The van der Waals surface area contributed by atoms with Crippen molar-refractivity contribution >= 4 is 22.2 Å². The summed E-state index contributed by atoms with van der Waals surface area (Å²) in [7, 11) is 1.65. The molecule has 0 aliphatic carbocycles. The summed E-state index contributed by atoms with van der Waals surface area (Å²) in [5.74, 6) is 0.872. The third-order valence-electron chi connectivity index (χ3n) is 2.43. The monoisotopic (exact) mass is 321 g/mol. The van der Waals surface area contributed by atoms with Crippen LogP contribution in [0.4, 0.5) is 0 Å². The number of aldehydes is 1. The molecule has 0 atom stereocenters. The smallest absolute Gasteiger partial charge is 0.151 e. The van der Waals surface area contributed by atoms with Crippen molar-refractivity contribution in [2.24, 2.45) is 5.73 Å². The van der Waals surface area contributed by atoms with Crippen molar-refractivity contribution in [3.8, 4) is 5.75 Å². The lowest BCUT2D eigenvalue weighted by molar-refractivity contribution is 0.112.